The standard InChI is InChI=1S/C30H36N4O6S/c35-19-21-11-13-22(14-12-21)26-18-25(20-41-30-31-15-6-16-32-30)39-29(40-26)23-7-5-8-24(17-23)33-27(36)9-3-1-2-4-10-28(37)34-38/h5-8,11-17,25-26,29,35,38H,1-4,9-10,18-20H2,(H,33,36)(H,34,37)/t25-,26+,29+/m0/s1. The van der Waals surface area contributed by atoms with Crippen LogP contribution in [0.5, 0.6) is 0 Å². The number of hydrogen-bond donors (Lipinski definition) is 4. The molecule has 0 radical (unpaired) electrons. The number of aromatic nitrogens is 2. The van der Waals surface area contributed by atoms with Crippen LogP contribution in [0.25, 0.3) is 0 Å². The molecular weight excluding hydrogens is 544 g/mol. The van der Waals surface area contributed by atoms with Crippen molar-refractivity contribution >= 4 is 29.3 Å². The van der Waals surface area contributed by atoms with E-state index < -0.39 is 12.2 Å². The lowest BCUT2D eigenvalue weighted by molar-refractivity contribution is -0.245. The lowest BCUT2D eigenvalue weighted by atomic mass is 10.0. The van der Waals surface area contributed by atoms with Gasteiger partial charge in [0.05, 0.1) is 18.8 Å². The molecule has 0 unspecified atom stereocenters. The van der Waals surface area contributed by atoms with Gasteiger partial charge in [-0.3, -0.25) is 14.8 Å². The number of ether oxygens (including phenoxy) is 2. The molecule has 1 aliphatic rings. The molecule has 218 valence electrons. The number of hydroxylamine groups is 1. The van der Waals surface area contributed by atoms with Gasteiger partial charge in [-0.15, -0.1) is 0 Å². The molecule has 1 saturated heterocycles. The van der Waals surface area contributed by atoms with Crippen molar-refractivity contribution in [3.05, 3.63) is 83.7 Å². The van der Waals surface area contributed by atoms with Gasteiger partial charge in [0.15, 0.2) is 11.4 Å². The van der Waals surface area contributed by atoms with Crippen LogP contribution in [0, 0.1) is 0 Å². The number of aliphatic hydroxyl groups is 1. The Bertz CT molecular complexity index is 1250. The minimum atomic E-state index is -0.637. The minimum absolute atomic E-state index is 0.0181. The van der Waals surface area contributed by atoms with E-state index in [1.165, 1.54) is 11.8 Å². The summed E-state index contributed by atoms with van der Waals surface area (Å²) in [7, 11) is 0. The second-order valence-electron chi connectivity index (χ2n) is 9.82. The summed E-state index contributed by atoms with van der Waals surface area (Å²) in [5.41, 5.74) is 4.93. The molecule has 11 heteroatoms. The predicted molar refractivity (Wildman–Crippen MR) is 154 cm³/mol. The van der Waals surface area contributed by atoms with Crippen LogP contribution in [0.3, 0.4) is 0 Å². The fourth-order valence-electron chi connectivity index (χ4n) is 4.52. The van der Waals surface area contributed by atoms with Gasteiger partial charge in [0.2, 0.25) is 11.8 Å². The quantitative estimate of drug-likeness (QED) is 0.0674. The van der Waals surface area contributed by atoms with Crippen molar-refractivity contribution in [3.63, 3.8) is 0 Å². The Morgan fingerprint density at radius 3 is 2.34 bits per heavy atom. The number of thioether (sulfide) groups is 1. The number of nitrogens with zero attached hydrogens (tertiary/aromatic N) is 2. The average molecular weight is 581 g/mol. The van der Waals surface area contributed by atoms with Gasteiger partial charge < -0.3 is 19.9 Å². The third-order valence-corrected chi connectivity index (χ3v) is 7.69. The first-order chi connectivity index (χ1) is 20.0. The van der Waals surface area contributed by atoms with Crippen LogP contribution >= 0.6 is 11.8 Å². The van der Waals surface area contributed by atoms with Crippen molar-refractivity contribution in [1.82, 2.24) is 15.4 Å². The van der Waals surface area contributed by atoms with Crippen molar-refractivity contribution in [1.29, 1.82) is 0 Å². The van der Waals surface area contributed by atoms with Gasteiger partial charge in [0, 0.05) is 48.7 Å². The monoisotopic (exact) mass is 580 g/mol. The molecule has 1 aliphatic heterocycles. The molecule has 2 amide bonds. The number of carbonyl (C=O) groups excluding carboxylic acids is 2. The maximum Gasteiger partial charge on any atom is 0.243 e. The molecule has 0 spiro atoms. The molecule has 41 heavy (non-hydrogen) atoms. The summed E-state index contributed by atoms with van der Waals surface area (Å²) >= 11 is 1.53. The van der Waals surface area contributed by atoms with Crippen LogP contribution in [-0.2, 0) is 25.7 Å². The van der Waals surface area contributed by atoms with Crippen molar-refractivity contribution < 1.29 is 29.4 Å². The van der Waals surface area contributed by atoms with E-state index in [0.29, 0.717) is 42.3 Å². The van der Waals surface area contributed by atoms with Crippen LogP contribution in [0.2, 0.25) is 0 Å². The van der Waals surface area contributed by atoms with E-state index in [0.717, 1.165) is 29.5 Å². The van der Waals surface area contributed by atoms with E-state index in [4.69, 9.17) is 14.7 Å². The number of benzene rings is 2. The van der Waals surface area contributed by atoms with Crippen molar-refractivity contribution in [2.45, 2.75) is 75.2 Å². The molecular formula is C30H36N4O6S. The highest BCUT2D eigenvalue weighted by molar-refractivity contribution is 7.99. The van der Waals surface area contributed by atoms with E-state index in [2.05, 4.69) is 15.3 Å². The third-order valence-electron chi connectivity index (χ3n) is 6.68. The summed E-state index contributed by atoms with van der Waals surface area (Å²) in [6, 6.07) is 17.0. The van der Waals surface area contributed by atoms with Gasteiger partial charge in [0.25, 0.3) is 0 Å². The first-order valence-corrected chi connectivity index (χ1v) is 14.8. The van der Waals surface area contributed by atoms with Gasteiger partial charge in [-0.05, 0) is 42.2 Å². The van der Waals surface area contributed by atoms with Gasteiger partial charge in [-0.1, -0.05) is 61.0 Å². The van der Waals surface area contributed by atoms with Gasteiger partial charge in [0.1, 0.15) is 0 Å². The lowest BCUT2D eigenvalue weighted by Crippen LogP contribution is -2.31. The highest BCUT2D eigenvalue weighted by Crippen LogP contribution is 2.39. The number of hydrogen-bond acceptors (Lipinski definition) is 9. The lowest BCUT2D eigenvalue weighted by Gasteiger charge is -2.36. The zero-order valence-electron chi connectivity index (χ0n) is 22.8. The normalized spacial score (nSPS) is 18.5. The van der Waals surface area contributed by atoms with Crippen molar-refractivity contribution in [2.24, 2.45) is 0 Å². The van der Waals surface area contributed by atoms with Crippen LogP contribution in [0.1, 0.15) is 74.0 Å². The topological polar surface area (TPSA) is 143 Å². The van der Waals surface area contributed by atoms with Gasteiger partial charge in [-0.25, -0.2) is 15.4 Å². The van der Waals surface area contributed by atoms with Crippen molar-refractivity contribution in [2.75, 3.05) is 11.1 Å². The molecule has 2 aromatic carbocycles. The van der Waals surface area contributed by atoms with E-state index in [9.17, 15) is 14.7 Å². The van der Waals surface area contributed by atoms with Gasteiger partial charge in [-0.2, -0.15) is 0 Å². The molecule has 1 aromatic heterocycles. The predicted octanol–water partition coefficient (Wildman–Crippen LogP) is 5.09. The summed E-state index contributed by atoms with van der Waals surface area (Å²) in [5, 5.41) is 21.6. The third kappa shape index (κ3) is 9.91. The molecule has 2 heterocycles. The number of nitrogens with one attached hydrogen (secondary N) is 2. The number of anilines is 1. The minimum Gasteiger partial charge on any atom is -0.392 e. The van der Waals surface area contributed by atoms with Crippen LogP contribution in [0.15, 0.2) is 72.1 Å². The Morgan fingerprint density at radius 1 is 0.902 bits per heavy atom. The maximum absolute atomic E-state index is 12.5. The Hall–Kier alpha value is -3.35. The number of amides is 2. The van der Waals surface area contributed by atoms with Crippen LogP contribution in [0.4, 0.5) is 5.69 Å². The van der Waals surface area contributed by atoms with E-state index in [1.54, 1.807) is 23.9 Å². The molecule has 3 aromatic rings. The highest BCUT2D eigenvalue weighted by atomic mass is 32.2. The zero-order chi connectivity index (χ0) is 28.9. The van der Waals surface area contributed by atoms with Crippen LogP contribution in [-0.4, -0.2) is 44.0 Å². The number of unbranched alkanes of at least 4 members (excludes halogenated alkanes) is 3. The Kier molecular flexibility index (Phi) is 12.1. The molecule has 10 nitrogen and oxygen atoms in total. The Labute approximate surface area is 243 Å². The number of carbonyl (C=O) groups is 2. The number of rotatable bonds is 14. The second-order valence-corrected chi connectivity index (χ2v) is 10.8. The second kappa shape index (κ2) is 16.2. The molecule has 4 N–H and O–H groups in total. The smallest absolute Gasteiger partial charge is 0.243 e. The first-order valence-electron chi connectivity index (χ1n) is 13.8. The summed E-state index contributed by atoms with van der Waals surface area (Å²) < 4.78 is 12.8. The zero-order valence-corrected chi connectivity index (χ0v) is 23.6. The fourth-order valence-corrected chi connectivity index (χ4v) is 5.34. The Morgan fingerprint density at radius 2 is 1.63 bits per heavy atom. The highest BCUT2D eigenvalue weighted by Gasteiger charge is 2.32. The molecule has 4 rings (SSSR count). The van der Waals surface area contributed by atoms with Crippen molar-refractivity contribution in [3.8, 4) is 0 Å². The molecule has 3 atom stereocenters. The summed E-state index contributed by atoms with van der Waals surface area (Å²) in [5.74, 6) is 0.172. The SMILES string of the molecule is O=C(CCCCCCC(=O)Nc1cccc([C@@H]2O[C@H](CSc3ncccn3)C[C@H](c3ccc(CO)cc3)O2)c1)NO. The van der Waals surface area contributed by atoms with Crippen LogP contribution < -0.4 is 10.8 Å². The summed E-state index contributed by atoms with van der Waals surface area (Å²) in [6.07, 6.45) is 6.75. The molecule has 0 saturated carbocycles. The number of aliphatic hydroxyl groups excluding tert-OH is 1. The van der Waals surface area contributed by atoms with E-state index >= 15 is 0 Å². The van der Waals surface area contributed by atoms with E-state index in [-0.39, 0.29) is 31.1 Å². The average Bonchev–Trinajstić information content (AvgIpc) is 3.02. The van der Waals surface area contributed by atoms with Gasteiger partial charge >= 0.3 is 0 Å². The maximum atomic E-state index is 12.5. The molecule has 0 aliphatic carbocycles. The largest absolute Gasteiger partial charge is 0.392 e. The van der Waals surface area contributed by atoms with E-state index in [1.807, 2.05) is 48.5 Å². The molecule has 0 bridgehead atoms. The fraction of sp³-hybridized carbons (Fsp3) is 0.400. The summed E-state index contributed by atoms with van der Waals surface area (Å²) in [6.45, 7) is -0.0181. The summed E-state index contributed by atoms with van der Waals surface area (Å²) in [4.78, 5) is 32.2. The Balaban J connectivity index is 1.37. The molecule has 1 fully saturated rings. The first kappa shape index (κ1) is 30.6.